The first-order valence-corrected chi connectivity index (χ1v) is 35.3. The Hall–Kier alpha value is -3.64. The fourth-order valence-corrected chi connectivity index (χ4v) is 16.0. The number of hydrogen-bond acceptors (Lipinski definition) is 12. The number of halogens is 4. The van der Waals surface area contributed by atoms with Crippen LogP contribution in [0.3, 0.4) is 0 Å². The van der Waals surface area contributed by atoms with Crippen molar-refractivity contribution in [3.05, 3.63) is 82.8 Å². The fraction of sp³-hybridized carbons (Fsp3) is 0.775. The summed E-state index contributed by atoms with van der Waals surface area (Å²) in [6, 6.07) is 5.96. The van der Waals surface area contributed by atoms with Crippen molar-refractivity contribution in [3.8, 4) is 0 Å². The van der Waals surface area contributed by atoms with Gasteiger partial charge in [0.15, 0.2) is 0 Å². The molecule has 0 radical (unpaired) electrons. The lowest BCUT2D eigenvalue weighted by atomic mass is 9.74. The van der Waals surface area contributed by atoms with Crippen molar-refractivity contribution in [2.45, 2.75) is 258 Å². The fourth-order valence-electron chi connectivity index (χ4n) is 15.7. The molecule has 6 N–H and O–H groups in total. The summed E-state index contributed by atoms with van der Waals surface area (Å²) in [4.78, 5) is 31.7. The van der Waals surface area contributed by atoms with E-state index in [4.69, 9.17) is 16.6 Å². The van der Waals surface area contributed by atoms with E-state index in [0.29, 0.717) is 49.0 Å². The minimum Gasteiger partial charge on any atom is -0.390 e. The first-order valence-electron chi connectivity index (χ1n) is 34.9. The Morgan fingerprint density at radius 2 is 1.56 bits per heavy atom. The maximum atomic E-state index is 14.7. The number of amides is 1. The molecule has 7 rings (SSSR count). The van der Waals surface area contributed by atoms with Gasteiger partial charge in [-0.15, -0.1) is 0 Å². The zero-order valence-electron chi connectivity index (χ0n) is 56.8. The van der Waals surface area contributed by atoms with Crippen LogP contribution in [-0.2, 0) is 17.4 Å². The molecule has 11 atom stereocenters. The second-order valence-corrected chi connectivity index (χ2v) is 29.1. The van der Waals surface area contributed by atoms with Crippen molar-refractivity contribution in [2.24, 2.45) is 34.6 Å². The van der Waals surface area contributed by atoms with Gasteiger partial charge < -0.3 is 51.5 Å². The van der Waals surface area contributed by atoms with E-state index in [1.165, 1.54) is 68.5 Å². The number of hydrogen-bond donors (Lipinski definition) is 6. The van der Waals surface area contributed by atoms with Gasteiger partial charge in [-0.05, 0) is 152 Å². The summed E-state index contributed by atoms with van der Waals surface area (Å²) in [5.74, 6) is 2.30. The molecular weight excluding hydrogens is 1130 g/mol. The second-order valence-electron chi connectivity index (χ2n) is 28.7. The Labute approximate surface area is 536 Å². The molecule has 4 aliphatic heterocycles. The van der Waals surface area contributed by atoms with E-state index in [9.17, 15) is 18.0 Å². The third-order valence-corrected chi connectivity index (χ3v) is 21.5. The van der Waals surface area contributed by atoms with Gasteiger partial charge >= 0.3 is 6.18 Å². The molecule has 0 aromatic heterocycles. The summed E-state index contributed by atoms with van der Waals surface area (Å²) >= 11 is 6.20. The zero-order valence-corrected chi connectivity index (χ0v) is 57.5. The lowest BCUT2D eigenvalue weighted by molar-refractivity contribution is -0.160. The van der Waals surface area contributed by atoms with Crippen LogP contribution in [0.5, 0.6) is 0 Å². The van der Waals surface area contributed by atoms with Crippen LogP contribution in [0.2, 0.25) is 5.02 Å². The largest absolute Gasteiger partial charge is 0.417 e. The van der Waals surface area contributed by atoms with E-state index in [2.05, 4.69) is 159 Å². The molecule has 17 heteroatoms. The number of carbonyl (C=O) groups is 1. The van der Waals surface area contributed by atoms with Crippen molar-refractivity contribution >= 4 is 23.2 Å². The van der Waals surface area contributed by atoms with Crippen molar-refractivity contribution in [1.29, 1.82) is 0 Å². The molecule has 0 bridgehead atoms. The molecule has 5 fully saturated rings. The van der Waals surface area contributed by atoms with Crippen LogP contribution in [0.1, 0.15) is 196 Å². The molecule has 88 heavy (non-hydrogen) atoms. The van der Waals surface area contributed by atoms with E-state index in [1.54, 1.807) is 0 Å². The summed E-state index contributed by atoms with van der Waals surface area (Å²) in [6.45, 7) is 32.9. The molecule has 5 unspecified atom stereocenters. The maximum absolute atomic E-state index is 14.7. The molecule has 1 amide bonds. The number of rotatable bonds is 11. The van der Waals surface area contributed by atoms with Gasteiger partial charge in [0, 0.05) is 168 Å². The second kappa shape index (κ2) is 34.3. The van der Waals surface area contributed by atoms with Crippen molar-refractivity contribution < 1.29 is 18.0 Å². The minimum absolute atomic E-state index is 0.0381. The molecule has 3 saturated heterocycles. The number of allylic oxidation sites excluding steroid dienone is 3. The molecule has 13 nitrogen and oxygen atoms in total. The Kier molecular flexibility index (Phi) is 28.0. The standard InChI is InChI=1S/C71H120ClF3N12O/c1-14-51(6)65-44-80-64(41-49(2)3)53(8)79-45-66-67(69(88)85-37-20-21-38-85)56(11)87(66)68(50(4)5)54(9)82-70(31-18-19-32-70)48-77-35-34-76-33-30-59(28-26-58-27-29-62(63(72)43-58)71(73,74)75)78-36-40-83(12)46-61(42-57-23-16-15-17-24-57)84(13)47-60-25-22-39-86(60)55(10)52(7)81-65/h27,29-30,33,36,40,43,46-47,49-57,64-68,76-77,79-82H,14-26,28,31-32,34-35,37-39,41-42,44-45,48H2,1-13H3/t51-,52?,53?,54?,55-,56?,64-,65+,66?,67+,68-/m0/s1. The maximum Gasteiger partial charge on any atom is 0.417 e. The normalized spacial score (nSPS) is 30.1. The van der Waals surface area contributed by atoms with Crippen molar-refractivity contribution in [3.63, 3.8) is 0 Å². The zero-order chi connectivity index (χ0) is 63.7. The monoisotopic (exact) mass is 1250 g/mol. The smallest absolute Gasteiger partial charge is 0.390 e. The van der Waals surface area contributed by atoms with E-state index >= 15 is 0 Å². The Bertz CT molecular complexity index is 2450. The van der Waals surface area contributed by atoms with E-state index < -0.39 is 11.7 Å². The molecule has 1 aromatic rings. The number of benzene rings is 1. The Morgan fingerprint density at radius 1 is 0.830 bits per heavy atom. The highest BCUT2D eigenvalue weighted by molar-refractivity contribution is 6.31. The topological polar surface area (TPSA) is 118 Å². The molecular formula is C71H120ClF3N12O. The number of aryl methyl sites for hydroxylation is 1. The molecule has 4 heterocycles. The van der Waals surface area contributed by atoms with Crippen LogP contribution in [0.25, 0.3) is 0 Å². The molecule has 2 aliphatic carbocycles. The van der Waals surface area contributed by atoms with E-state index in [0.717, 1.165) is 121 Å². The van der Waals surface area contributed by atoms with Gasteiger partial charge in [-0.25, -0.2) is 0 Å². The third-order valence-electron chi connectivity index (χ3n) is 21.2. The Morgan fingerprint density at radius 3 is 2.23 bits per heavy atom. The highest BCUT2D eigenvalue weighted by Crippen LogP contribution is 2.41. The van der Waals surface area contributed by atoms with Crippen LogP contribution in [-0.4, -0.2) is 162 Å². The number of fused-ring (bicyclic) bond motifs is 2. The first-order chi connectivity index (χ1) is 42.0. The summed E-state index contributed by atoms with van der Waals surface area (Å²) in [5, 5.41) is 23.9. The average Bonchev–Trinajstić information content (AvgIpc) is 0.979. The van der Waals surface area contributed by atoms with Crippen molar-refractivity contribution in [1.82, 2.24) is 56.4 Å². The lowest BCUT2D eigenvalue weighted by Gasteiger charge is -2.60. The third kappa shape index (κ3) is 20.2. The summed E-state index contributed by atoms with van der Waals surface area (Å²) in [5.41, 5.74) is 3.32. The molecule has 6 aliphatic rings. The minimum atomic E-state index is -4.51. The summed E-state index contributed by atoms with van der Waals surface area (Å²) in [7, 11) is 4.30. The van der Waals surface area contributed by atoms with Gasteiger partial charge in [0.2, 0.25) is 5.91 Å². The molecule has 2 saturated carbocycles. The van der Waals surface area contributed by atoms with Crippen LogP contribution in [0, 0.1) is 29.6 Å². The van der Waals surface area contributed by atoms with Gasteiger partial charge in [-0.3, -0.25) is 14.7 Å². The number of likely N-dealkylation sites (tertiary alicyclic amines) is 1. The lowest BCUT2D eigenvalue weighted by Crippen LogP contribution is -2.76. The van der Waals surface area contributed by atoms with Crippen LogP contribution in [0.4, 0.5) is 13.2 Å². The van der Waals surface area contributed by atoms with Crippen LogP contribution < -0.4 is 31.9 Å². The first kappa shape index (κ1) is 71.8. The van der Waals surface area contributed by atoms with Crippen LogP contribution in [0.15, 0.2) is 71.7 Å². The number of nitrogens with one attached hydrogen (secondary N) is 6. The predicted molar refractivity (Wildman–Crippen MR) is 361 cm³/mol. The predicted octanol–water partition coefficient (Wildman–Crippen LogP) is 12.9. The summed E-state index contributed by atoms with van der Waals surface area (Å²) in [6.07, 6.45) is 27.4. The number of carbonyl (C=O) groups excluding carboxylic acids is 1. The van der Waals surface area contributed by atoms with Gasteiger partial charge in [-0.1, -0.05) is 111 Å². The SMILES string of the molecule is CC[C@H](C)[C@H]1CN[C@@H](CC(C)C)C(C)NCC2[C@H](C(=O)N3CCCC3)C(C)N2[C@@H](C(C)C)C(C)NC2(CCCC2)CNCCNC=CC(CCc2ccc(C(F)(F)F)c(Cl)c2)=NC=CN(C)C=C(CC2CCCCC2)N(C)C=C2CCCN2[C@@H](C)C(C)N1. The van der Waals surface area contributed by atoms with E-state index in [1.807, 2.05) is 24.7 Å². The van der Waals surface area contributed by atoms with Gasteiger partial charge in [0.1, 0.15) is 0 Å². The average molecular weight is 1250 g/mol. The quantitative estimate of drug-likeness (QED) is 0.127. The van der Waals surface area contributed by atoms with Gasteiger partial charge in [-0.2, -0.15) is 13.2 Å². The van der Waals surface area contributed by atoms with Gasteiger partial charge in [0.05, 0.1) is 16.5 Å². The number of nitrogens with zero attached hydrogens (tertiary/aromatic N) is 6. The molecule has 1 aromatic carbocycles. The highest BCUT2D eigenvalue weighted by Gasteiger charge is 2.55. The Balaban J connectivity index is 1.19. The number of alkyl halides is 3. The highest BCUT2D eigenvalue weighted by atomic mass is 35.5. The van der Waals surface area contributed by atoms with Crippen LogP contribution >= 0.6 is 11.6 Å². The van der Waals surface area contributed by atoms with E-state index in [-0.39, 0.29) is 70.9 Å². The van der Waals surface area contributed by atoms with Crippen molar-refractivity contribution in [2.75, 3.05) is 66.5 Å². The number of aliphatic imine (C=N–C) groups is 1. The van der Waals surface area contributed by atoms with Gasteiger partial charge in [0.25, 0.3) is 0 Å². The molecule has 1 spiro atoms. The molecule has 498 valence electrons. The summed E-state index contributed by atoms with van der Waals surface area (Å²) < 4.78 is 41.0.